The number of aromatic nitrogens is 4. The Bertz CT molecular complexity index is 2340. The zero-order valence-electron chi connectivity index (χ0n) is 32.1. The van der Waals surface area contributed by atoms with E-state index in [0.717, 1.165) is 19.6 Å². The average molecular weight is 907 g/mol. The molecule has 0 saturated heterocycles. The van der Waals surface area contributed by atoms with E-state index in [1.54, 1.807) is 24.3 Å². The third-order valence-corrected chi connectivity index (χ3v) is 9.74. The van der Waals surface area contributed by atoms with Gasteiger partial charge in [-0.1, -0.05) is 59.9 Å². The Labute approximate surface area is 428 Å². The zero-order valence-corrected chi connectivity index (χ0v) is 43.5. The van der Waals surface area contributed by atoms with Crippen molar-refractivity contribution in [1.82, 2.24) is 19.1 Å². The number of hydrogen-bond acceptors (Lipinski definition) is 16. The molecule has 0 aliphatic rings. The molecule has 0 saturated carbocycles. The summed E-state index contributed by atoms with van der Waals surface area (Å²) >= 11 is 3.01. The van der Waals surface area contributed by atoms with Gasteiger partial charge in [-0.05, 0) is 60.7 Å². The van der Waals surface area contributed by atoms with Crippen LogP contribution in [-0.2, 0) is 41.1 Å². The molecule has 0 aliphatic carbocycles. The Morgan fingerprint density at radius 3 is 1.45 bits per heavy atom. The van der Waals surface area contributed by atoms with E-state index in [1.165, 1.54) is 46.9 Å². The number of carbonyl (C=O) groups is 2. The smallest absolute Gasteiger partial charge is 0.790 e. The molecule has 58 heavy (non-hydrogen) atoms. The van der Waals surface area contributed by atoms with Gasteiger partial charge in [0.15, 0.2) is 0 Å². The number of methoxy groups -OCH3 is 2. The van der Waals surface area contributed by atoms with Crippen LogP contribution in [0.1, 0.15) is 0 Å². The van der Waals surface area contributed by atoms with Crippen molar-refractivity contribution in [3.05, 3.63) is 97.1 Å². The number of phosphoric acid groups is 2. The van der Waals surface area contributed by atoms with Gasteiger partial charge in [0.25, 0.3) is 0 Å². The van der Waals surface area contributed by atoms with E-state index in [1.807, 2.05) is 72.8 Å². The summed E-state index contributed by atoms with van der Waals surface area (Å²) in [5.74, 6) is -0.0145. The van der Waals surface area contributed by atoms with Crippen molar-refractivity contribution in [2.45, 2.75) is 33.0 Å². The van der Waals surface area contributed by atoms with Crippen LogP contribution < -0.4 is 148 Å². The molecule has 26 heteroatoms. The summed E-state index contributed by atoms with van der Waals surface area (Å²) in [6, 6.07) is 29.9. The monoisotopic (exact) mass is 906 g/mol. The van der Waals surface area contributed by atoms with Gasteiger partial charge in [0, 0.05) is 19.6 Å². The van der Waals surface area contributed by atoms with Gasteiger partial charge in [-0.25, -0.2) is 19.6 Å². The van der Waals surface area contributed by atoms with Crippen LogP contribution in [0.15, 0.2) is 117 Å². The fraction of sp³-hybridized carbons (Fsp3) is 0.125. The Kier molecular flexibility index (Phi) is 24.8. The minimum atomic E-state index is -5.21. The largest absolute Gasteiger partial charge is 1.00 e. The predicted molar refractivity (Wildman–Crippen MR) is 190 cm³/mol. The van der Waals surface area contributed by atoms with Crippen LogP contribution in [0.3, 0.4) is 0 Å². The first-order valence-electron chi connectivity index (χ1n) is 15.2. The third kappa shape index (κ3) is 17.2. The SMILES string of the molecule is COC(=O)Nc1nc2cc(Sc3ccccc3)ccc2n1COP(=O)([O-])[O-].COC(=O)Nc1nc2ccc(Sc3ccccc3)cc2n1COP(=O)([O-])[O-].[Na+].[Na+].[Na+].[Na+]. The van der Waals surface area contributed by atoms with Crippen LogP contribution in [0.4, 0.5) is 21.5 Å². The molecule has 0 radical (unpaired) electrons. The number of carbonyl (C=O) groups excluding carboxylic acids is 2. The predicted octanol–water partition coefficient (Wildman–Crippen LogP) is -7.65. The third-order valence-electron chi connectivity index (χ3n) is 6.89. The van der Waals surface area contributed by atoms with Crippen LogP contribution >= 0.6 is 39.2 Å². The van der Waals surface area contributed by atoms with Crippen molar-refractivity contribution < 1.29 is 175 Å². The number of nitrogens with zero attached hydrogens (tertiary/aromatic N) is 4. The number of imidazole rings is 2. The van der Waals surface area contributed by atoms with Crippen LogP contribution in [0.5, 0.6) is 0 Å². The number of phosphoric ester groups is 2. The average Bonchev–Trinajstić information content (AvgIpc) is 3.65. The molecular formula is C32H28N6Na4O12P2S2. The molecule has 2 N–H and O–H groups in total. The van der Waals surface area contributed by atoms with Crippen LogP contribution in [0.2, 0.25) is 0 Å². The van der Waals surface area contributed by atoms with Gasteiger partial charge in [-0.2, -0.15) is 0 Å². The quantitative estimate of drug-likeness (QED) is 0.0854. The first-order chi connectivity index (χ1) is 25.7. The van der Waals surface area contributed by atoms with Crippen molar-refractivity contribution in [1.29, 1.82) is 0 Å². The molecule has 0 unspecified atom stereocenters. The van der Waals surface area contributed by atoms with Gasteiger partial charge < -0.3 is 47.2 Å². The molecule has 2 heterocycles. The number of nitrogens with one attached hydrogen (secondary N) is 2. The van der Waals surface area contributed by atoms with Gasteiger partial charge in [0.05, 0.1) is 51.9 Å². The number of amides is 2. The molecular weight excluding hydrogens is 878 g/mol. The Morgan fingerprint density at radius 1 is 0.586 bits per heavy atom. The summed E-state index contributed by atoms with van der Waals surface area (Å²) < 4.78 is 41.9. The Hall–Kier alpha value is -0.720. The van der Waals surface area contributed by atoms with E-state index in [2.05, 4.69) is 39.1 Å². The van der Waals surface area contributed by atoms with Crippen molar-refractivity contribution in [3.8, 4) is 0 Å². The summed E-state index contributed by atoms with van der Waals surface area (Å²) in [7, 11) is -8.05. The number of hydrogen-bond donors (Lipinski definition) is 2. The summed E-state index contributed by atoms with van der Waals surface area (Å²) in [5.41, 5.74) is 1.93. The maximum Gasteiger partial charge on any atom is 1.00 e. The van der Waals surface area contributed by atoms with Crippen molar-refractivity contribution in [3.63, 3.8) is 0 Å². The summed E-state index contributed by atoms with van der Waals surface area (Å²) in [6.45, 7) is -1.25. The molecule has 0 bridgehead atoms. The van der Waals surface area contributed by atoms with E-state index >= 15 is 0 Å². The van der Waals surface area contributed by atoms with Gasteiger partial charge in [0.1, 0.15) is 13.5 Å². The van der Waals surface area contributed by atoms with Gasteiger partial charge in [0.2, 0.25) is 11.9 Å². The molecule has 2 aromatic heterocycles. The number of ether oxygens (including phenoxy) is 2. The maximum atomic E-state index is 11.5. The van der Waals surface area contributed by atoms with E-state index in [9.17, 15) is 38.3 Å². The summed E-state index contributed by atoms with van der Waals surface area (Å²) in [5, 5.41) is 4.73. The molecule has 6 aromatic rings. The molecule has 18 nitrogen and oxygen atoms in total. The van der Waals surface area contributed by atoms with Crippen LogP contribution in [0.25, 0.3) is 22.1 Å². The molecule has 2 amide bonds. The Morgan fingerprint density at radius 2 is 1.00 bits per heavy atom. The minimum absolute atomic E-state index is 0. The van der Waals surface area contributed by atoms with Crippen molar-refractivity contribution >= 4 is 85.3 Å². The fourth-order valence-corrected chi connectivity index (χ4v) is 6.84. The standard InChI is InChI=1S/2C16H16N3O6PS.4Na/c1-24-16(20)18-15-17-13-9-12(27-11-5-3-2-4-6-11)7-8-14(13)19(15)10-25-26(21,22)23;1-24-16(20)18-15-17-13-8-7-12(27-11-5-3-2-4-6-11)9-14(13)19(15)10-25-26(21,22)23;;;;/h2*2-9H,10H2,1H3,(H,17,18,20)(H2,21,22,23);;;;/q;;4*+1/p-4. The van der Waals surface area contributed by atoms with Crippen molar-refractivity contribution in [2.75, 3.05) is 24.9 Å². The second-order valence-electron chi connectivity index (χ2n) is 10.5. The van der Waals surface area contributed by atoms with Gasteiger partial charge in [-0.3, -0.25) is 19.8 Å². The normalized spacial score (nSPS) is 10.7. The van der Waals surface area contributed by atoms with Gasteiger partial charge in [-0.15, -0.1) is 0 Å². The molecule has 0 fully saturated rings. The molecule has 0 aliphatic heterocycles. The Balaban J connectivity index is 0.000000543. The van der Waals surface area contributed by atoms with Crippen LogP contribution in [-0.4, -0.2) is 45.5 Å². The topological polar surface area (TPSA) is 257 Å². The molecule has 0 atom stereocenters. The second kappa shape index (κ2) is 26.0. The van der Waals surface area contributed by atoms with Crippen molar-refractivity contribution in [2.24, 2.45) is 0 Å². The molecule has 0 spiro atoms. The summed E-state index contributed by atoms with van der Waals surface area (Å²) in [4.78, 5) is 78.6. The van der Waals surface area contributed by atoms with Gasteiger partial charge >= 0.3 is 130 Å². The summed E-state index contributed by atoms with van der Waals surface area (Å²) in [6.07, 6.45) is -1.59. The van der Waals surface area contributed by atoms with E-state index in [-0.39, 0.29) is 130 Å². The van der Waals surface area contributed by atoms with E-state index in [0.29, 0.717) is 22.1 Å². The molecule has 284 valence electrons. The zero-order chi connectivity index (χ0) is 38.9. The van der Waals surface area contributed by atoms with Crippen LogP contribution in [0, 0.1) is 0 Å². The number of rotatable bonds is 12. The van der Waals surface area contributed by atoms with E-state index in [4.69, 9.17) is 0 Å². The number of fused-ring (bicyclic) bond motifs is 2. The fourth-order valence-electron chi connectivity index (χ4n) is 4.58. The first-order valence-corrected chi connectivity index (χ1v) is 19.8. The van der Waals surface area contributed by atoms with E-state index < -0.39 is 41.3 Å². The first kappa shape index (κ1) is 55.3. The number of anilines is 2. The molecule has 6 rings (SSSR count). The minimum Gasteiger partial charge on any atom is -0.790 e. The second-order valence-corrected chi connectivity index (χ2v) is 15.1. The maximum absolute atomic E-state index is 11.5. The number of benzene rings is 4. The molecule has 4 aromatic carbocycles.